The molecule has 0 aliphatic heterocycles. The van der Waals surface area contributed by atoms with Crippen LogP contribution >= 0.6 is 0 Å². The van der Waals surface area contributed by atoms with E-state index in [0.29, 0.717) is 30.6 Å². The molecule has 0 aliphatic rings. The van der Waals surface area contributed by atoms with E-state index in [1.807, 2.05) is 29.8 Å². The van der Waals surface area contributed by atoms with Crippen LogP contribution in [0.5, 0.6) is 5.75 Å². The van der Waals surface area contributed by atoms with E-state index in [9.17, 15) is 4.79 Å². The number of hydrogen-bond donors (Lipinski definition) is 3. The van der Waals surface area contributed by atoms with Crippen LogP contribution in [0.2, 0.25) is 0 Å². The van der Waals surface area contributed by atoms with E-state index in [-0.39, 0.29) is 24.0 Å². The maximum absolute atomic E-state index is 11.3. The lowest BCUT2D eigenvalue weighted by molar-refractivity contribution is -0.131. The zero-order valence-electron chi connectivity index (χ0n) is 19.6. The smallest absolute Gasteiger partial charge is 0.308 e. The van der Waals surface area contributed by atoms with Gasteiger partial charge in [0.25, 0.3) is 0 Å². The molecule has 0 spiro atoms. The second-order valence-electron chi connectivity index (χ2n) is 8.62. The van der Waals surface area contributed by atoms with Crippen LogP contribution in [0.4, 0.5) is 11.8 Å². The Morgan fingerprint density at radius 2 is 1.91 bits per heavy atom. The standard InChI is InChI=1S/C23H33N7O2/c1-13(2)19-20-21(30(29-19)14(3)4)22(28-23(27-20)26-11-15(5)24)25-12-17-8-7-9-18(10-17)32-16(6)31/h7-10,13-15H,11-12,24H2,1-6H3,(H2,25,26,27,28). The highest BCUT2D eigenvalue weighted by Crippen LogP contribution is 2.31. The fraction of sp³-hybridized carbons (Fsp3) is 0.478. The summed E-state index contributed by atoms with van der Waals surface area (Å²) < 4.78 is 7.17. The first kappa shape index (κ1) is 23.5. The minimum atomic E-state index is -0.348. The fourth-order valence-corrected chi connectivity index (χ4v) is 3.35. The van der Waals surface area contributed by atoms with Gasteiger partial charge < -0.3 is 21.1 Å². The molecule has 1 atom stereocenters. The first-order valence-electron chi connectivity index (χ1n) is 11.0. The Hall–Kier alpha value is -3.20. The van der Waals surface area contributed by atoms with E-state index in [0.717, 1.165) is 22.3 Å². The number of benzene rings is 1. The highest BCUT2D eigenvalue weighted by Gasteiger charge is 2.22. The summed E-state index contributed by atoms with van der Waals surface area (Å²) >= 11 is 0. The van der Waals surface area contributed by atoms with Gasteiger partial charge in [0.2, 0.25) is 5.95 Å². The highest BCUT2D eigenvalue weighted by molar-refractivity contribution is 5.89. The SMILES string of the molecule is CC(=O)Oc1cccc(CNc2nc(NCC(C)N)nc3c(C(C)C)nn(C(C)C)c23)c1. The molecule has 0 bridgehead atoms. The van der Waals surface area contributed by atoms with Crippen molar-refractivity contribution in [2.24, 2.45) is 5.73 Å². The summed E-state index contributed by atoms with van der Waals surface area (Å²) in [7, 11) is 0. The number of nitrogens with zero attached hydrogens (tertiary/aromatic N) is 4. The van der Waals surface area contributed by atoms with Gasteiger partial charge in [-0.05, 0) is 44.4 Å². The Morgan fingerprint density at radius 1 is 1.16 bits per heavy atom. The lowest BCUT2D eigenvalue weighted by Crippen LogP contribution is -2.26. The molecule has 0 amide bonds. The lowest BCUT2D eigenvalue weighted by atomic mass is 10.1. The Balaban J connectivity index is 2.02. The number of ether oxygens (including phenoxy) is 1. The molecule has 3 aromatic rings. The van der Waals surface area contributed by atoms with Crippen molar-refractivity contribution in [2.45, 2.75) is 66.1 Å². The summed E-state index contributed by atoms with van der Waals surface area (Å²) in [4.78, 5) is 20.8. The maximum Gasteiger partial charge on any atom is 0.308 e. The minimum Gasteiger partial charge on any atom is -0.427 e. The summed E-state index contributed by atoms with van der Waals surface area (Å²) in [5.41, 5.74) is 9.49. The molecule has 1 aromatic carbocycles. The zero-order valence-corrected chi connectivity index (χ0v) is 19.6. The molecule has 9 nitrogen and oxygen atoms in total. The molecule has 0 aliphatic carbocycles. The maximum atomic E-state index is 11.3. The molecule has 0 fully saturated rings. The summed E-state index contributed by atoms with van der Waals surface area (Å²) in [6, 6.07) is 7.53. The third-order valence-electron chi connectivity index (χ3n) is 4.81. The van der Waals surface area contributed by atoms with Gasteiger partial charge in [-0.1, -0.05) is 26.0 Å². The Bertz CT molecular complexity index is 1090. The van der Waals surface area contributed by atoms with E-state index in [1.54, 1.807) is 6.07 Å². The predicted octanol–water partition coefficient (Wildman–Crippen LogP) is 3.83. The van der Waals surface area contributed by atoms with Crippen molar-refractivity contribution in [3.8, 4) is 5.75 Å². The summed E-state index contributed by atoms with van der Waals surface area (Å²) in [5.74, 6) is 1.57. The molecule has 32 heavy (non-hydrogen) atoms. The molecular formula is C23H33N7O2. The van der Waals surface area contributed by atoms with Gasteiger partial charge >= 0.3 is 5.97 Å². The number of rotatable bonds is 9. The zero-order chi connectivity index (χ0) is 23.4. The van der Waals surface area contributed by atoms with Gasteiger partial charge in [0.05, 0.1) is 5.69 Å². The first-order valence-corrected chi connectivity index (χ1v) is 11.0. The molecule has 0 radical (unpaired) electrons. The van der Waals surface area contributed by atoms with Gasteiger partial charge in [-0.15, -0.1) is 0 Å². The molecular weight excluding hydrogens is 406 g/mol. The van der Waals surface area contributed by atoms with Gasteiger partial charge in [0.1, 0.15) is 16.8 Å². The van der Waals surface area contributed by atoms with Crippen LogP contribution in [-0.2, 0) is 11.3 Å². The van der Waals surface area contributed by atoms with Crippen molar-refractivity contribution >= 4 is 28.8 Å². The van der Waals surface area contributed by atoms with Gasteiger partial charge in [0, 0.05) is 32.1 Å². The summed E-state index contributed by atoms with van der Waals surface area (Å²) in [6.07, 6.45) is 0. The molecule has 4 N–H and O–H groups in total. The summed E-state index contributed by atoms with van der Waals surface area (Å²) in [6.45, 7) is 12.8. The number of nitrogens with one attached hydrogen (secondary N) is 2. The van der Waals surface area contributed by atoms with Crippen LogP contribution in [-0.4, -0.2) is 38.3 Å². The lowest BCUT2D eigenvalue weighted by Gasteiger charge is -2.14. The topological polar surface area (TPSA) is 120 Å². The van der Waals surface area contributed by atoms with Gasteiger partial charge in [-0.3, -0.25) is 9.48 Å². The molecule has 0 saturated heterocycles. The predicted molar refractivity (Wildman–Crippen MR) is 127 cm³/mol. The molecule has 1 unspecified atom stereocenters. The van der Waals surface area contributed by atoms with Crippen LogP contribution in [0.25, 0.3) is 11.0 Å². The third kappa shape index (κ3) is 5.53. The van der Waals surface area contributed by atoms with E-state index in [4.69, 9.17) is 25.5 Å². The van der Waals surface area contributed by atoms with Gasteiger partial charge in [-0.25, -0.2) is 4.98 Å². The fourth-order valence-electron chi connectivity index (χ4n) is 3.35. The molecule has 2 aromatic heterocycles. The molecule has 3 rings (SSSR count). The molecule has 2 heterocycles. The number of aromatic nitrogens is 4. The van der Waals surface area contributed by atoms with E-state index >= 15 is 0 Å². The number of carbonyl (C=O) groups is 1. The van der Waals surface area contributed by atoms with Crippen molar-refractivity contribution in [3.05, 3.63) is 35.5 Å². The van der Waals surface area contributed by atoms with Crippen LogP contribution in [0.1, 0.15) is 64.8 Å². The van der Waals surface area contributed by atoms with Crippen LogP contribution < -0.4 is 21.1 Å². The number of anilines is 2. The Labute approximate surface area is 188 Å². The highest BCUT2D eigenvalue weighted by atomic mass is 16.5. The van der Waals surface area contributed by atoms with E-state index < -0.39 is 0 Å². The number of nitrogens with two attached hydrogens (primary N) is 1. The average Bonchev–Trinajstić information content (AvgIpc) is 3.10. The van der Waals surface area contributed by atoms with Crippen molar-refractivity contribution in [3.63, 3.8) is 0 Å². The second kappa shape index (κ2) is 9.95. The van der Waals surface area contributed by atoms with E-state index in [1.165, 1.54) is 6.92 Å². The van der Waals surface area contributed by atoms with Gasteiger partial charge in [-0.2, -0.15) is 10.1 Å². The first-order chi connectivity index (χ1) is 15.2. The van der Waals surface area contributed by atoms with Crippen molar-refractivity contribution < 1.29 is 9.53 Å². The Kier molecular flexibility index (Phi) is 7.29. The largest absolute Gasteiger partial charge is 0.427 e. The number of carbonyl (C=O) groups excluding carboxylic acids is 1. The van der Waals surface area contributed by atoms with Crippen molar-refractivity contribution in [1.29, 1.82) is 0 Å². The van der Waals surface area contributed by atoms with Crippen molar-refractivity contribution in [1.82, 2.24) is 19.7 Å². The third-order valence-corrected chi connectivity index (χ3v) is 4.81. The number of fused-ring (bicyclic) bond motifs is 1. The quantitative estimate of drug-likeness (QED) is 0.340. The van der Waals surface area contributed by atoms with Crippen LogP contribution in [0.3, 0.4) is 0 Å². The van der Waals surface area contributed by atoms with Crippen LogP contribution in [0.15, 0.2) is 24.3 Å². The minimum absolute atomic E-state index is 0.0299. The van der Waals surface area contributed by atoms with E-state index in [2.05, 4.69) is 38.3 Å². The normalized spacial score (nSPS) is 12.4. The molecule has 9 heteroatoms. The van der Waals surface area contributed by atoms with Crippen LogP contribution in [0, 0.1) is 0 Å². The summed E-state index contributed by atoms with van der Waals surface area (Å²) in [5, 5.41) is 11.5. The average molecular weight is 440 g/mol. The number of esters is 1. The number of hydrogen-bond acceptors (Lipinski definition) is 8. The molecule has 172 valence electrons. The molecule has 0 saturated carbocycles. The second-order valence-corrected chi connectivity index (χ2v) is 8.62. The van der Waals surface area contributed by atoms with Crippen molar-refractivity contribution in [2.75, 3.05) is 17.2 Å². The van der Waals surface area contributed by atoms with Gasteiger partial charge in [0.15, 0.2) is 5.82 Å². The Morgan fingerprint density at radius 3 is 2.53 bits per heavy atom. The monoisotopic (exact) mass is 439 g/mol.